The zero-order chi connectivity index (χ0) is 18.8. The first-order valence-corrected chi connectivity index (χ1v) is 8.30. The number of fused-ring (bicyclic) bond motifs is 1. The molecular weight excluding hydrogens is 342 g/mol. The van der Waals surface area contributed by atoms with Crippen LogP contribution in [0.4, 0.5) is 5.69 Å². The number of aliphatic imine (C=N–C) groups is 1. The lowest BCUT2D eigenvalue weighted by Gasteiger charge is -2.09. The summed E-state index contributed by atoms with van der Waals surface area (Å²) in [6.45, 7) is 0. The minimum absolute atomic E-state index is 0.0911. The maximum atomic E-state index is 12.2. The Morgan fingerprint density at radius 3 is 2.37 bits per heavy atom. The zero-order valence-electron chi connectivity index (χ0n) is 14.2. The van der Waals surface area contributed by atoms with E-state index < -0.39 is 17.1 Å². The lowest BCUT2D eigenvalue weighted by Crippen LogP contribution is -2.31. The van der Waals surface area contributed by atoms with E-state index in [-0.39, 0.29) is 5.56 Å². The van der Waals surface area contributed by atoms with E-state index in [0.29, 0.717) is 11.4 Å². The van der Waals surface area contributed by atoms with Crippen molar-refractivity contribution in [2.24, 2.45) is 4.99 Å². The van der Waals surface area contributed by atoms with Crippen molar-refractivity contribution in [2.75, 3.05) is 0 Å². The van der Waals surface area contributed by atoms with Gasteiger partial charge >= 0.3 is 5.69 Å². The molecule has 0 spiro atoms. The molecule has 4 rings (SSSR count). The van der Waals surface area contributed by atoms with Crippen molar-refractivity contribution in [3.8, 4) is 11.6 Å². The summed E-state index contributed by atoms with van der Waals surface area (Å²) >= 11 is 0. The van der Waals surface area contributed by atoms with E-state index in [1.54, 1.807) is 30.3 Å². The van der Waals surface area contributed by atoms with Gasteiger partial charge in [-0.2, -0.15) is 0 Å². The van der Waals surface area contributed by atoms with Crippen LogP contribution in [-0.2, 0) is 0 Å². The van der Waals surface area contributed by atoms with Crippen molar-refractivity contribution in [1.82, 2.24) is 9.55 Å². The summed E-state index contributed by atoms with van der Waals surface area (Å²) in [7, 11) is 0. The van der Waals surface area contributed by atoms with Gasteiger partial charge in [-0.1, -0.05) is 48.5 Å². The standard InChI is InChI=1S/C21H15N3O3/c25-19-18(13-22-16-11-10-14-6-4-5-7-15(14)12-16)20(26)24(21(27)23-19)17-8-2-1-3-9-17/h1-13,26H,(H,23,25,27). The highest BCUT2D eigenvalue weighted by Gasteiger charge is 2.13. The minimum Gasteiger partial charge on any atom is -0.493 e. The van der Waals surface area contributed by atoms with Crippen LogP contribution in [0.25, 0.3) is 16.5 Å². The summed E-state index contributed by atoms with van der Waals surface area (Å²) in [4.78, 5) is 30.8. The van der Waals surface area contributed by atoms with Crippen molar-refractivity contribution in [3.05, 3.63) is 99.2 Å². The first-order valence-electron chi connectivity index (χ1n) is 8.30. The predicted molar refractivity (Wildman–Crippen MR) is 106 cm³/mol. The molecule has 0 unspecified atom stereocenters. The van der Waals surface area contributed by atoms with Gasteiger partial charge in [0.25, 0.3) is 5.56 Å². The molecule has 0 amide bonds. The molecule has 6 heteroatoms. The van der Waals surface area contributed by atoms with Crippen LogP contribution in [-0.4, -0.2) is 20.9 Å². The molecule has 0 bridgehead atoms. The molecule has 1 heterocycles. The molecule has 1 aromatic heterocycles. The van der Waals surface area contributed by atoms with E-state index in [9.17, 15) is 14.7 Å². The predicted octanol–water partition coefficient (Wildman–Crippen LogP) is 3.14. The molecule has 0 atom stereocenters. The average Bonchev–Trinajstić information content (AvgIpc) is 2.68. The molecule has 0 aliphatic heterocycles. The second kappa shape index (κ2) is 6.76. The van der Waals surface area contributed by atoms with E-state index >= 15 is 0 Å². The van der Waals surface area contributed by atoms with E-state index in [4.69, 9.17) is 0 Å². The van der Waals surface area contributed by atoms with Crippen molar-refractivity contribution in [3.63, 3.8) is 0 Å². The third kappa shape index (κ3) is 3.16. The lowest BCUT2D eigenvalue weighted by atomic mass is 10.1. The van der Waals surface area contributed by atoms with Crippen LogP contribution >= 0.6 is 0 Å². The monoisotopic (exact) mass is 357 g/mol. The number of nitrogens with zero attached hydrogens (tertiary/aromatic N) is 2. The van der Waals surface area contributed by atoms with Crippen molar-refractivity contribution in [2.45, 2.75) is 0 Å². The number of nitrogens with one attached hydrogen (secondary N) is 1. The summed E-state index contributed by atoms with van der Waals surface area (Å²) in [6.07, 6.45) is 1.26. The van der Waals surface area contributed by atoms with Crippen LogP contribution in [0.3, 0.4) is 0 Å². The Morgan fingerprint density at radius 1 is 0.889 bits per heavy atom. The Morgan fingerprint density at radius 2 is 1.59 bits per heavy atom. The van der Waals surface area contributed by atoms with Crippen molar-refractivity contribution < 1.29 is 5.11 Å². The minimum atomic E-state index is -0.716. The molecule has 0 fully saturated rings. The third-order valence-electron chi connectivity index (χ3n) is 4.21. The van der Waals surface area contributed by atoms with Gasteiger partial charge < -0.3 is 5.11 Å². The van der Waals surface area contributed by atoms with Gasteiger partial charge in [0.05, 0.1) is 11.4 Å². The summed E-state index contributed by atoms with van der Waals surface area (Å²) in [6, 6.07) is 22.0. The molecule has 0 radical (unpaired) electrons. The van der Waals surface area contributed by atoms with E-state index in [2.05, 4.69) is 9.98 Å². The van der Waals surface area contributed by atoms with Gasteiger partial charge in [-0.25, -0.2) is 9.36 Å². The van der Waals surface area contributed by atoms with Gasteiger partial charge in [0.2, 0.25) is 5.88 Å². The Balaban J connectivity index is 1.80. The number of aromatic nitrogens is 2. The molecule has 3 aromatic carbocycles. The van der Waals surface area contributed by atoms with Crippen LogP contribution in [0.1, 0.15) is 5.56 Å². The number of hydrogen-bond acceptors (Lipinski definition) is 4. The second-order valence-electron chi connectivity index (χ2n) is 5.96. The molecule has 4 aromatic rings. The van der Waals surface area contributed by atoms with Crippen molar-refractivity contribution >= 4 is 22.7 Å². The quantitative estimate of drug-likeness (QED) is 0.552. The number of para-hydroxylation sites is 1. The molecule has 0 aliphatic carbocycles. The van der Waals surface area contributed by atoms with E-state index in [1.165, 1.54) is 6.21 Å². The van der Waals surface area contributed by atoms with Crippen LogP contribution in [0, 0.1) is 0 Å². The smallest absolute Gasteiger partial charge is 0.335 e. The Bertz CT molecular complexity index is 1270. The number of benzene rings is 3. The maximum absolute atomic E-state index is 12.2. The number of H-pyrrole nitrogens is 1. The molecular formula is C21H15N3O3. The highest BCUT2D eigenvalue weighted by Crippen LogP contribution is 2.21. The Hall–Kier alpha value is -3.93. The highest BCUT2D eigenvalue weighted by atomic mass is 16.3. The van der Waals surface area contributed by atoms with Crippen LogP contribution in [0.5, 0.6) is 5.88 Å². The molecule has 132 valence electrons. The lowest BCUT2D eigenvalue weighted by molar-refractivity contribution is 0.430. The normalized spacial score (nSPS) is 11.3. The number of aromatic amines is 1. The fourth-order valence-electron chi connectivity index (χ4n) is 2.87. The fourth-order valence-corrected chi connectivity index (χ4v) is 2.87. The van der Waals surface area contributed by atoms with Gasteiger partial charge in [0, 0.05) is 6.21 Å². The molecule has 0 aliphatic rings. The molecule has 2 N–H and O–H groups in total. The number of rotatable bonds is 3. The van der Waals surface area contributed by atoms with E-state index in [0.717, 1.165) is 15.3 Å². The number of hydrogen-bond donors (Lipinski definition) is 2. The van der Waals surface area contributed by atoms with Gasteiger partial charge in [0.15, 0.2) is 0 Å². The summed E-state index contributed by atoms with van der Waals surface area (Å²) < 4.78 is 1.03. The summed E-state index contributed by atoms with van der Waals surface area (Å²) in [5.41, 5.74) is -0.436. The Kier molecular flexibility index (Phi) is 4.14. The second-order valence-corrected chi connectivity index (χ2v) is 5.96. The first kappa shape index (κ1) is 16.5. The molecule has 27 heavy (non-hydrogen) atoms. The first-order chi connectivity index (χ1) is 13.1. The maximum Gasteiger partial charge on any atom is 0.335 e. The van der Waals surface area contributed by atoms with Crippen LogP contribution < -0.4 is 11.2 Å². The highest BCUT2D eigenvalue weighted by molar-refractivity contribution is 5.88. The van der Waals surface area contributed by atoms with Gasteiger partial charge in [-0.05, 0) is 35.0 Å². The topological polar surface area (TPSA) is 87.5 Å². The molecule has 0 saturated heterocycles. The van der Waals surface area contributed by atoms with Gasteiger partial charge in [-0.15, -0.1) is 0 Å². The average molecular weight is 357 g/mol. The summed E-state index contributed by atoms with van der Waals surface area (Å²) in [5, 5.41) is 12.6. The van der Waals surface area contributed by atoms with Crippen LogP contribution in [0.2, 0.25) is 0 Å². The summed E-state index contributed by atoms with van der Waals surface area (Å²) in [5.74, 6) is -0.459. The Labute approximate surface area is 153 Å². The largest absolute Gasteiger partial charge is 0.493 e. The SMILES string of the molecule is O=c1[nH]c(=O)n(-c2ccccc2)c(O)c1C=Nc1ccc2ccccc2c1. The zero-order valence-corrected chi connectivity index (χ0v) is 14.2. The number of aromatic hydroxyl groups is 1. The fraction of sp³-hybridized carbons (Fsp3) is 0. The van der Waals surface area contributed by atoms with E-state index in [1.807, 2.05) is 42.5 Å². The van der Waals surface area contributed by atoms with Gasteiger partial charge in [0.1, 0.15) is 5.56 Å². The third-order valence-corrected chi connectivity index (χ3v) is 4.21. The van der Waals surface area contributed by atoms with Crippen LogP contribution in [0.15, 0.2) is 87.4 Å². The molecule has 0 saturated carbocycles. The molecule has 6 nitrogen and oxygen atoms in total. The van der Waals surface area contributed by atoms with Gasteiger partial charge in [-0.3, -0.25) is 14.8 Å². The van der Waals surface area contributed by atoms with Crippen molar-refractivity contribution in [1.29, 1.82) is 0 Å².